The molecule has 0 N–H and O–H groups in total. The average molecular weight is 412 g/mol. The number of hydrogen-bond donors (Lipinski definition) is 0. The number of hydrogen-bond acceptors (Lipinski definition) is 7. The Bertz CT molecular complexity index is 1100. The molecule has 0 unspecified atom stereocenters. The summed E-state index contributed by atoms with van der Waals surface area (Å²) >= 11 is 2.92. The fourth-order valence-electron chi connectivity index (χ4n) is 2.77. The molecule has 0 saturated heterocycles. The number of methoxy groups -OCH3 is 2. The van der Waals surface area contributed by atoms with Crippen molar-refractivity contribution in [3.63, 3.8) is 0 Å². The van der Waals surface area contributed by atoms with Crippen LogP contribution in [0.2, 0.25) is 0 Å². The van der Waals surface area contributed by atoms with E-state index in [1.165, 1.54) is 22.7 Å². The molecular formula is C21H17NO4S2. The minimum absolute atomic E-state index is 0.136. The first kappa shape index (κ1) is 18.5. The summed E-state index contributed by atoms with van der Waals surface area (Å²) in [7, 11) is 3.20. The first-order valence-corrected chi connectivity index (χ1v) is 10.2. The lowest BCUT2D eigenvalue weighted by Gasteiger charge is -2.08. The molecule has 0 aliphatic carbocycles. The molecule has 4 aromatic rings. The van der Waals surface area contributed by atoms with Crippen LogP contribution in [0.5, 0.6) is 11.5 Å². The van der Waals surface area contributed by atoms with Gasteiger partial charge in [0.15, 0.2) is 11.5 Å². The lowest BCUT2D eigenvalue weighted by Crippen LogP contribution is -2.03. The number of ether oxygens (including phenoxy) is 3. The Morgan fingerprint density at radius 3 is 2.64 bits per heavy atom. The van der Waals surface area contributed by atoms with E-state index in [4.69, 9.17) is 14.2 Å². The van der Waals surface area contributed by atoms with Crippen LogP contribution in [-0.4, -0.2) is 25.2 Å². The largest absolute Gasteiger partial charge is 0.493 e. The number of aromatic nitrogens is 1. The molecular weight excluding hydrogens is 394 g/mol. The summed E-state index contributed by atoms with van der Waals surface area (Å²) in [6.45, 7) is 0.136. The van der Waals surface area contributed by atoms with Crippen LogP contribution >= 0.6 is 22.7 Å². The molecule has 142 valence electrons. The van der Waals surface area contributed by atoms with Gasteiger partial charge >= 0.3 is 5.97 Å². The highest BCUT2D eigenvalue weighted by Crippen LogP contribution is 2.33. The Labute approximate surface area is 170 Å². The van der Waals surface area contributed by atoms with Gasteiger partial charge in [0.25, 0.3) is 0 Å². The minimum Gasteiger partial charge on any atom is -0.493 e. The fourth-order valence-corrected chi connectivity index (χ4v) is 4.53. The molecule has 2 aromatic carbocycles. The summed E-state index contributed by atoms with van der Waals surface area (Å²) in [5.41, 5.74) is 1.63. The topological polar surface area (TPSA) is 57.7 Å². The zero-order valence-electron chi connectivity index (χ0n) is 15.3. The number of thiophene rings is 1. The van der Waals surface area contributed by atoms with E-state index in [2.05, 4.69) is 4.98 Å². The standard InChI is InChI=1S/C21H17NO4S2/c1-24-16-8-7-14(9-17(16)25-2)20-22-15(12-27-20)11-26-21(23)19-10-13-5-3-4-6-18(13)28-19/h3-10,12H,11H2,1-2H3. The maximum absolute atomic E-state index is 12.4. The number of esters is 1. The number of carbonyl (C=O) groups excluding carboxylic acids is 1. The SMILES string of the molecule is COc1ccc(-c2nc(COC(=O)c3cc4ccccc4s3)cs2)cc1OC. The number of benzene rings is 2. The summed E-state index contributed by atoms with van der Waals surface area (Å²) < 4.78 is 17.1. The van der Waals surface area contributed by atoms with E-state index in [9.17, 15) is 4.79 Å². The molecule has 0 aliphatic heterocycles. The third-order valence-electron chi connectivity index (χ3n) is 4.16. The zero-order chi connectivity index (χ0) is 19.5. The normalized spacial score (nSPS) is 10.8. The molecule has 0 bridgehead atoms. The molecule has 28 heavy (non-hydrogen) atoms. The van der Waals surface area contributed by atoms with Gasteiger partial charge in [0.05, 0.1) is 19.9 Å². The predicted octanol–water partition coefficient (Wildman–Crippen LogP) is 5.40. The van der Waals surface area contributed by atoms with Crippen LogP contribution in [0.4, 0.5) is 0 Å². The van der Waals surface area contributed by atoms with Crippen LogP contribution in [-0.2, 0) is 11.3 Å². The van der Waals surface area contributed by atoms with Crippen LogP contribution in [0.25, 0.3) is 20.7 Å². The van der Waals surface area contributed by atoms with Crippen LogP contribution in [0.15, 0.2) is 53.9 Å². The monoisotopic (exact) mass is 411 g/mol. The number of rotatable bonds is 6. The third-order valence-corrected chi connectivity index (χ3v) is 6.20. The summed E-state index contributed by atoms with van der Waals surface area (Å²) in [6.07, 6.45) is 0. The molecule has 5 nitrogen and oxygen atoms in total. The van der Waals surface area contributed by atoms with Gasteiger partial charge in [0.1, 0.15) is 16.5 Å². The molecule has 4 rings (SSSR count). The van der Waals surface area contributed by atoms with Gasteiger partial charge in [-0.25, -0.2) is 9.78 Å². The van der Waals surface area contributed by atoms with Crippen molar-refractivity contribution in [2.75, 3.05) is 14.2 Å². The Morgan fingerprint density at radius 2 is 1.86 bits per heavy atom. The molecule has 0 spiro atoms. The van der Waals surface area contributed by atoms with Crippen molar-refractivity contribution in [2.24, 2.45) is 0 Å². The molecule has 7 heteroatoms. The molecule has 0 radical (unpaired) electrons. The molecule has 0 saturated carbocycles. The van der Waals surface area contributed by atoms with Gasteiger partial charge in [0, 0.05) is 15.6 Å². The van der Waals surface area contributed by atoms with Crippen molar-refractivity contribution in [3.05, 3.63) is 64.5 Å². The van der Waals surface area contributed by atoms with Gasteiger partial charge in [-0.1, -0.05) is 18.2 Å². The van der Waals surface area contributed by atoms with Crippen LogP contribution < -0.4 is 9.47 Å². The van der Waals surface area contributed by atoms with Gasteiger partial charge in [-0.3, -0.25) is 0 Å². The van der Waals surface area contributed by atoms with Gasteiger partial charge < -0.3 is 14.2 Å². The Balaban J connectivity index is 1.45. The van der Waals surface area contributed by atoms with E-state index in [1.54, 1.807) is 14.2 Å². The van der Waals surface area contributed by atoms with E-state index in [-0.39, 0.29) is 12.6 Å². The second kappa shape index (κ2) is 8.00. The molecule has 0 atom stereocenters. The van der Waals surface area contributed by atoms with Crippen molar-refractivity contribution in [1.29, 1.82) is 0 Å². The molecule has 0 amide bonds. The van der Waals surface area contributed by atoms with Crippen LogP contribution in [0.1, 0.15) is 15.4 Å². The molecule has 0 aliphatic rings. The van der Waals surface area contributed by atoms with Crippen molar-refractivity contribution < 1.29 is 19.0 Å². The van der Waals surface area contributed by atoms with Gasteiger partial charge in [0.2, 0.25) is 0 Å². The van der Waals surface area contributed by atoms with Crippen LogP contribution in [0.3, 0.4) is 0 Å². The van der Waals surface area contributed by atoms with E-state index >= 15 is 0 Å². The van der Waals surface area contributed by atoms with E-state index < -0.39 is 0 Å². The van der Waals surface area contributed by atoms with Crippen molar-refractivity contribution in [1.82, 2.24) is 4.98 Å². The summed E-state index contributed by atoms with van der Waals surface area (Å²) in [5.74, 6) is 0.982. The second-order valence-corrected chi connectivity index (χ2v) is 7.88. The van der Waals surface area contributed by atoms with E-state index in [0.29, 0.717) is 22.1 Å². The lowest BCUT2D eigenvalue weighted by atomic mass is 10.2. The predicted molar refractivity (Wildman–Crippen MR) is 112 cm³/mol. The third kappa shape index (κ3) is 3.72. The Hall–Kier alpha value is -2.90. The maximum atomic E-state index is 12.4. The van der Waals surface area contributed by atoms with E-state index in [1.807, 2.05) is 53.9 Å². The second-order valence-electron chi connectivity index (χ2n) is 5.94. The fraction of sp³-hybridized carbons (Fsp3) is 0.143. The first-order valence-electron chi connectivity index (χ1n) is 8.50. The van der Waals surface area contributed by atoms with Crippen molar-refractivity contribution in [2.45, 2.75) is 6.61 Å². The lowest BCUT2D eigenvalue weighted by molar-refractivity contribution is 0.0474. The highest BCUT2D eigenvalue weighted by Gasteiger charge is 2.14. The van der Waals surface area contributed by atoms with Crippen LogP contribution in [0, 0.1) is 0 Å². The number of thiazole rings is 1. The highest BCUT2D eigenvalue weighted by atomic mass is 32.1. The molecule has 0 fully saturated rings. The summed E-state index contributed by atoms with van der Waals surface area (Å²) in [5, 5.41) is 3.77. The Kier molecular flexibility index (Phi) is 5.27. The number of fused-ring (bicyclic) bond motifs is 1. The van der Waals surface area contributed by atoms with Gasteiger partial charge in [-0.2, -0.15) is 0 Å². The average Bonchev–Trinajstić information content (AvgIpc) is 3.38. The molecule has 2 heterocycles. The smallest absolute Gasteiger partial charge is 0.348 e. The Morgan fingerprint density at radius 1 is 1.04 bits per heavy atom. The minimum atomic E-state index is -0.332. The zero-order valence-corrected chi connectivity index (χ0v) is 16.9. The maximum Gasteiger partial charge on any atom is 0.348 e. The first-order chi connectivity index (χ1) is 13.7. The van der Waals surface area contributed by atoms with Crippen molar-refractivity contribution in [3.8, 4) is 22.1 Å². The van der Waals surface area contributed by atoms with Gasteiger partial charge in [-0.15, -0.1) is 22.7 Å². The van der Waals surface area contributed by atoms with Gasteiger partial charge in [-0.05, 0) is 35.7 Å². The molecule has 2 aromatic heterocycles. The number of nitrogens with zero attached hydrogens (tertiary/aromatic N) is 1. The summed E-state index contributed by atoms with van der Waals surface area (Å²) in [6, 6.07) is 15.4. The van der Waals surface area contributed by atoms with E-state index in [0.717, 1.165) is 20.7 Å². The van der Waals surface area contributed by atoms with Crippen molar-refractivity contribution >= 4 is 38.7 Å². The number of carbonyl (C=O) groups is 1. The quantitative estimate of drug-likeness (QED) is 0.398. The summed E-state index contributed by atoms with van der Waals surface area (Å²) in [4.78, 5) is 17.5. The highest BCUT2D eigenvalue weighted by molar-refractivity contribution is 7.20.